The number of carbonyl (C=O) groups is 1. The molecule has 0 aliphatic heterocycles. The Morgan fingerprint density at radius 1 is 0.972 bits per heavy atom. The number of aryl methyl sites for hydroxylation is 3. The Morgan fingerprint density at radius 3 is 2.08 bits per heavy atom. The number of rotatable bonds is 3. The van der Waals surface area contributed by atoms with Gasteiger partial charge in [0.15, 0.2) is 5.78 Å². The molecule has 0 saturated heterocycles. The predicted molar refractivity (Wildman–Crippen MR) is 149 cm³/mol. The van der Waals surface area contributed by atoms with Crippen LogP contribution in [0, 0.1) is 37.7 Å². The van der Waals surface area contributed by atoms with E-state index in [0.717, 1.165) is 22.3 Å². The van der Waals surface area contributed by atoms with E-state index in [1.54, 1.807) is 0 Å². The van der Waals surface area contributed by atoms with Crippen molar-refractivity contribution in [2.24, 2.45) is 10.8 Å². The zero-order valence-electron chi connectivity index (χ0n) is 23.8. The first kappa shape index (κ1) is 31.7. The van der Waals surface area contributed by atoms with Crippen LogP contribution in [0.3, 0.4) is 0 Å². The second kappa shape index (κ2) is 12.3. The number of aromatic nitrogens is 1. The number of aliphatic hydroxyl groups excluding tert-OH is 1. The topological polar surface area (TPSA) is 50.2 Å². The summed E-state index contributed by atoms with van der Waals surface area (Å²) in [5.74, 6) is 0.607. The number of benzene rings is 2. The number of hydrogen-bond acceptors (Lipinski definition) is 3. The molecule has 0 unspecified atom stereocenters. The van der Waals surface area contributed by atoms with Crippen LogP contribution in [-0.4, -0.2) is 15.9 Å². The Hall–Kier alpha value is -2.29. The molecule has 0 amide bonds. The van der Waals surface area contributed by atoms with Crippen LogP contribution in [-0.2, 0) is 24.9 Å². The van der Waals surface area contributed by atoms with Crippen molar-refractivity contribution in [2.45, 2.75) is 82.1 Å². The molecule has 36 heavy (non-hydrogen) atoms. The van der Waals surface area contributed by atoms with E-state index in [0.29, 0.717) is 5.92 Å². The smallest absolute Gasteiger partial charge is 0.164 e. The van der Waals surface area contributed by atoms with Crippen LogP contribution in [0.5, 0.6) is 0 Å². The molecular weight excluding hydrogens is 623 g/mol. The van der Waals surface area contributed by atoms with Gasteiger partial charge in [0.25, 0.3) is 0 Å². The first-order valence-electron chi connectivity index (χ1n) is 12.4. The second-order valence-corrected chi connectivity index (χ2v) is 11.9. The summed E-state index contributed by atoms with van der Waals surface area (Å²) in [6.07, 6.45) is 1.33. The fraction of sp³-hybridized carbons (Fsp3) is 0.438. The Bertz CT molecular complexity index is 1220. The molecule has 0 spiro atoms. The molecule has 0 saturated carbocycles. The molecule has 1 aromatic heterocycles. The van der Waals surface area contributed by atoms with Gasteiger partial charge < -0.3 is 5.11 Å². The van der Waals surface area contributed by atoms with E-state index in [1.807, 2.05) is 41.5 Å². The number of fused-ring (bicyclic) bond motifs is 1. The average molecular weight is 665 g/mol. The van der Waals surface area contributed by atoms with Crippen LogP contribution < -0.4 is 0 Å². The fourth-order valence-corrected chi connectivity index (χ4v) is 3.67. The molecule has 2 aromatic carbocycles. The molecular formula is C32H42IrNO2-. The molecule has 1 N–H and O–H groups in total. The molecule has 0 aliphatic carbocycles. The molecule has 3 rings (SSSR count). The molecule has 3 aromatic rings. The predicted octanol–water partition coefficient (Wildman–Crippen LogP) is 8.84. The SMILES string of the molecule is CC(C)(C)C(=O)/C=C(\O)C(C)(C)C.Cc1[c-]c(-c2nc3cccc(C(C)C)c3cc2C)cc(C)c1.[Ir]. The maximum atomic E-state index is 11.5. The van der Waals surface area contributed by atoms with Gasteiger partial charge in [-0.3, -0.25) is 9.78 Å². The summed E-state index contributed by atoms with van der Waals surface area (Å²) in [6.45, 7) is 21.9. The van der Waals surface area contributed by atoms with Crippen LogP contribution in [0.25, 0.3) is 22.2 Å². The monoisotopic (exact) mass is 665 g/mol. The van der Waals surface area contributed by atoms with Gasteiger partial charge in [-0.05, 0) is 30.2 Å². The maximum Gasteiger partial charge on any atom is 0.164 e. The number of aliphatic hydroxyl groups is 1. The minimum absolute atomic E-state index is 0. The second-order valence-electron chi connectivity index (χ2n) is 11.9. The molecule has 0 aliphatic rings. The zero-order valence-corrected chi connectivity index (χ0v) is 26.1. The minimum Gasteiger partial charge on any atom is -0.512 e. The van der Waals surface area contributed by atoms with Crippen molar-refractivity contribution in [1.82, 2.24) is 4.98 Å². The third-order valence-corrected chi connectivity index (χ3v) is 5.88. The summed E-state index contributed by atoms with van der Waals surface area (Å²) >= 11 is 0. The minimum atomic E-state index is -0.417. The number of allylic oxidation sites excluding steroid dienone is 2. The standard InChI is InChI=1S/C21H22N.C11H20O2.Ir/c1-13(2)18-7-6-8-20-19(18)12-16(5)21(22-20)17-10-14(3)9-15(4)11-17;1-10(2,3)8(12)7-9(13)11(4,5)6;/h6-10,12-13H,1-5H3;7,12H,1-6H3;/q-1;;/b;8-7-;. The first-order chi connectivity index (χ1) is 16.0. The molecule has 0 fully saturated rings. The third kappa shape index (κ3) is 8.39. The number of ketones is 1. The van der Waals surface area contributed by atoms with Crippen LogP contribution in [0.15, 0.2) is 48.2 Å². The van der Waals surface area contributed by atoms with Gasteiger partial charge >= 0.3 is 0 Å². The van der Waals surface area contributed by atoms with Crippen LogP contribution >= 0.6 is 0 Å². The van der Waals surface area contributed by atoms with E-state index >= 15 is 0 Å². The van der Waals surface area contributed by atoms with E-state index in [1.165, 1.54) is 28.2 Å². The van der Waals surface area contributed by atoms with Crippen molar-refractivity contribution in [3.8, 4) is 11.3 Å². The molecule has 197 valence electrons. The van der Waals surface area contributed by atoms with Gasteiger partial charge in [-0.2, -0.15) is 0 Å². The van der Waals surface area contributed by atoms with E-state index in [4.69, 9.17) is 4.98 Å². The quantitative estimate of drug-likeness (QED) is 0.173. The summed E-state index contributed by atoms with van der Waals surface area (Å²) in [7, 11) is 0. The van der Waals surface area contributed by atoms with Gasteiger partial charge in [0.1, 0.15) is 5.76 Å². The summed E-state index contributed by atoms with van der Waals surface area (Å²) in [5, 5.41) is 10.8. The first-order valence-corrected chi connectivity index (χ1v) is 12.4. The van der Waals surface area contributed by atoms with Crippen molar-refractivity contribution in [2.75, 3.05) is 0 Å². The van der Waals surface area contributed by atoms with Crippen LogP contribution in [0.2, 0.25) is 0 Å². The van der Waals surface area contributed by atoms with Crippen LogP contribution in [0.1, 0.15) is 83.6 Å². The normalized spacial score (nSPS) is 12.2. The van der Waals surface area contributed by atoms with Crippen molar-refractivity contribution in [3.63, 3.8) is 0 Å². The largest absolute Gasteiger partial charge is 0.512 e. The Labute approximate surface area is 231 Å². The van der Waals surface area contributed by atoms with Gasteiger partial charge in [-0.15, -0.1) is 34.9 Å². The average Bonchev–Trinajstić information content (AvgIpc) is 2.71. The third-order valence-electron chi connectivity index (χ3n) is 5.88. The van der Waals surface area contributed by atoms with Gasteiger partial charge in [0, 0.05) is 42.4 Å². The van der Waals surface area contributed by atoms with E-state index in [2.05, 4.69) is 77.1 Å². The summed E-state index contributed by atoms with van der Waals surface area (Å²) in [4.78, 5) is 16.4. The molecule has 1 heterocycles. The molecule has 3 nitrogen and oxygen atoms in total. The van der Waals surface area contributed by atoms with Crippen molar-refractivity contribution >= 4 is 16.7 Å². The van der Waals surface area contributed by atoms with Crippen molar-refractivity contribution < 1.29 is 30.0 Å². The van der Waals surface area contributed by atoms with E-state index in [-0.39, 0.29) is 37.1 Å². The summed E-state index contributed by atoms with van der Waals surface area (Å²) < 4.78 is 0. The molecule has 1 radical (unpaired) electrons. The molecule has 4 heteroatoms. The van der Waals surface area contributed by atoms with E-state index < -0.39 is 5.41 Å². The number of carbonyl (C=O) groups excluding carboxylic acids is 1. The van der Waals surface area contributed by atoms with Crippen molar-refractivity contribution in [3.05, 3.63) is 76.6 Å². The zero-order chi connectivity index (χ0) is 26.7. The van der Waals surface area contributed by atoms with Gasteiger partial charge in [-0.1, -0.05) is 93.0 Å². The number of nitrogens with zero attached hydrogens (tertiary/aromatic N) is 1. The summed E-state index contributed by atoms with van der Waals surface area (Å²) in [5.41, 5.74) is 7.42. The fourth-order valence-electron chi connectivity index (χ4n) is 3.67. The number of pyridine rings is 1. The van der Waals surface area contributed by atoms with E-state index in [9.17, 15) is 9.90 Å². The van der Waals surface area contributed by atoms with Gasteiger partial charge in [0.05, 0.1) is 5.52 Å². The maximum absolute atomic E-state index is 11.5. The van der Waals surface area contributed by atoms with Crippen molar-refractivity contribution in [1.29, 1.82) is 0 Å². The van der Waals surface area contributed by atoms with Crippen LogP contribution in [0.4, 0.5) is 0 Å². The Balaban J connectivity index is 0.000000402. The molecule has 0 atom stereocenters. The summed E-state index contributed by atoms with van der Waals surface area (Å²) in [6, 6.07) is 16.5. The molecule has 0 bridgehead atoms. The Kier molecular flexibility index (Phi) is 10.8. The Morgan fingerprint density at radius 2 is 1.58 bits per heavy atom. The van der Waals surface area contributed by atoms with Gasteiger partial charge in [-0.25, -0.2) is 0 Å². The number of hydrogen-bond donors (Lipinski definition) is 1. The van der Waals surface area contributed by atoms with Gasteiger partial charge in [0.2, 0.25) is 0 Å².